The molecule has 1 atom stereocenters. The van der Waals surface area contributed by atoms with E-state index in [1.165, 1.54) is 0 Å². The van der Waals surface area contributed by atoms with Gasteiger partial charge in [0.1, 0.15) is 11.5 Å². The highest BCUT2D eigenvalue weighted by Crippen LogP contribution is 2.23. The Balaban J connectivity index is 2.11. The lowest BCUT2D eigenvalue weighted by Gasteiger charge is -2.14. The van der Waals surface area contributed by atoms with E-state index in [1.54, 1.807) is 18.2 Å². The van der Waals surface area contributed by atoms with Gasteiger partial charge in [-0.3, -0.25) is 4.72 Å². The second-order valence-electron chi connectivity index (χ2n) is 4.77. The molecule has 0 spiro atoms. The van der Waals surface area contributed by atoms with Gasteiger partial charge in [0.2, 0.25) is 10.0 Å². The average Bonchev–Trinajstić information content (AvgIpc) is 2.74. The molecule has 1 aromatic heterocycles. The maximum absolute atomic E-state index is 11.2. The smallest absolute Gasteiger partial charge is 0.229 e. The van der Waals surface area contributed by atoms with Crippen LogP contribution in [0.15, 0.2) is 40.8 Å². The lowest BCUT2D eigenvalue weighted by Crippen LogP contribution is -2.10. The van der Waals surface area contributed by atoms with Gasteiger partial charge in [-0.15, -0.1) is 0 Å². The summed E-state index contributed by atoms with van der Waals surface area (Å²) in [6.45, 7) is 3.88. The molecule has 0 fully saturated rings. The van der Waals surface area contributed by atoms with Crippen molar-refractivity contribution in [3.8, 4) is 0 Å². The predicted octanol–water partition coefficient (Wildman–Crippen LogP) is 3.13. The van der Waals surface area contributed by atoms with Crippen LogP contribution in [0.1, 0.15) is 24.5 Å². The van der Waals surface area contributed by atoms with E-state index in [9.17, 15) is 8.42 Å². The third-order valence-corrected chi connectivity index (χ3v) is 3.34. The van der Waals surface area contributed by atoms with Crippen LogP contribution in [0.25, 0.3) is 0 Å². The minimum absolute atomic E-state index is 0.00261. The molecule has 0 aliphatic heterocycles. The lowest BCUT2D eigenvalue weighted by molar-refractivity contribution is 0.467. The third kappa shape index (κ3) is 4.03. The van der Waals surface area contributed by atoms with Gasteiger partial charge in [-0.1, -0.05) is 6.07 Å². The fraction of sp³-hybridized carbons (Fsp3) is 0.286. The van der Waals surface area contributed by atoms with Crippen LogP contribution in [0, 0.1) is 6.92 Å². The maximum Gasteiger partial charge on any atom is 0.229 e. The summed E-state index contributed by atoms with van der Waals surface area (Å²) in [7, 11) is -3.27. The standard InChI is InChI=1S/C14H18N2O3S/c1-10-7-8-14(19-10)11(2)15-12-5-4-6-13(9-12)16-20(3,17)18/h4-9,11,15-16H,1-3H3. The first-order valence-corrected chi connectivity index (χ1v) is 8.13. The van der Waals surface area contributed by atoms with Crippen molar-refractivity contribution in [3.05, 3.63) is 47.9 Å². The number of benzene rings is 1. The van der Waals surface area contributed by atoms with E-state index in [4.69, 9.17) is 4.42 Å². The fourth-order valence-corrected chi connectivity index (χ4v) is 2.45. The molecule has 0 saturated carbocycles. The monoisotopic (exact) mass is 294 g/mol. The highest BCUT2D eigenvalue weighted by atomic mass is 32.2. The number of hydrogen-bond donors (Lipinski definition) is 2. The molecule has 0 saturated heterocycles. The first kappa shape index (κ1) is 14.5. The van der Waals surface area contributed by atoms with Gasteiger partial charge in [-0.05, 0) is 44.2 Å². The average molecular weight is 294 g/mol. The Morgan fingerprint density at radius 2 is 1.85 bits per heavy atom. The van der Waals surface area contributed by atoms with Gasteiger partial charge in [0, 0.05) is 5.69 Å². The third-order valence-electron chi connectivity index (χ3n) is 2.74. The Hall–Kier alpha value is -1.95. The van der Waals surface area contributed by atoms with Crippen LogP contribution >= 0.6 is 0 Å². The molecule has 1 aromatic carbocycles. The van der Waals surface area contributed by atoms with Crippen LogP contribution in [0.4, 0.5) is 11.4 Å². The molecule has 2 N–H and O–H groups in total. The molecule has 0 radical (unpaired) electrons. The predicted molar refractivity (Wildman–Crippen MR) is 80.4 cm³/mol. The minimum Gasteiger partial charge on any atom is -0.464 e. The molecular formula is C14H18N2O3S. The van der Waals surface area contributed by atoms with E-state index in [-0.39, 0.29) is 6.04 Å². The van der Waals surface area contributed by atoms with Gasteiger partial charge < -0.3 is 9.73 Å². The van der Waals surface area contributed by atoms with Gasteiger partial charge in [0.05, 0.1) is 18.0 Å². The minimum atomic E-state index is -3.27. The van der Waals surface area contributed by atoms with Gasteiger partial charge in [-0.2, -0.15) is 0 Å². The van der Waals surface area contributed by atoms with Crippen molar-refractivity contribution in [1.82, 2.24) is 0 Å². The summed E-state index contributed by atoms with van der Waals surface area (Å²) in [5, 5.41) is 3.27. The summed E-state index contributed by atoms with van der Waals surface area (Å²) >= 11 is 0. The lowest BCUT2D eigenvalue weighted by atomic mass is 10.2. The van der Waals surface area contributed by atoms with Crippen molar-refractivity contribution < 1.29 is 12.8 Å². The first-order valence-electron chi connectivity index (χ1n) is 6.24. The summed E-state index contributed by atoms with van der Waals surface area (Å²) in [4.78, 5) is 0. The Morgan fingerprint density at radius 1 is 1.15 bits per heavy atom. The molecular weight excluding hydrogens is 276 g/mol. The van der Waals surface area contributed by atoms with Crippen LogP contribution in [0.5, 0.6) is 0 Å². The number of hydrogen-bond acceptors (Lipinski definition) is 4. The molecule has 2 rings (SSSR count). The van der Waals surface area contributed by atoms with Crippen molar-refractivity contribution >= 4 is 21.4 Å². The quantitative estimate of drug-likeness (QED) is 0.888. The van der Waals surface area contributed by atoms with Crippen LogP contribution in [-0.2, 0) is 10.0 Å². The Bertz CT molecular complexity index is 692. The largest absolute Gasteiger partial charge is 0.464 e. The summed E-state index contributed by atoms with van der Waals surface area (Å²) in [6.07, 6.45) is 1.13. The van der Waals surface area contributed by atoms with Crippen molar-refractivity contribution in [1.29, 1.82) is 0 Å². The maximum atomic E-state index is 11.2. The van der Waals surface area contributed by atoms with E-state index in [0.717, 1.165) is 23.5 Å². The molecule has 108 valence electrons. The second-order valence-corrected chi connectivity index (χ2v) is 6.52. The zero-order valence-corrected chi connectivity index (χ0v) is 12.5. The molecule has 0 aliphatic rings. The number of sulfonamides is 1. The van der Waals surface area contributed by atoms with Gasteiger partial charge in [0.15, 0.2) is 0 Å². The summed E-state index contributed by atoms with van der Waals surface area (Å²) in [6, 6.07) is 10.9. The van der Waals surface area contributed by atoms with Crippen LogP contribution in [0.2, 0.25) is 0 Å². The van der Waals surface area contributed by atoms with Gasteiger partial charge in [-0.25, -0.2) is 8.42 Å². The fourth-order valence-electron chi connectivity index (χ4n) is 1.89. The van der Waals surface area contributed by atoms with E-state index >= 15 is 0 Å². The molecule has 6 heteroatoms. The van der Waals surface area contributed by atoms with Gasteiger partial charge in [0.25, 0.3) is 0 Å². The molecule has 5 nitrogen and oxygen atoms in total. The zero-order chi connectivity index (χ0) is 14.8. The molecule has 1 heterocycles. The number of nitrogens with one attached hydrogen (secondary N) is 2. The van der Waals surface area contributed by atoms with E-state index in [2.05, 4.69) is 10.0 Å². The van der Waals surface area contributed by atoms with E-state index in [1.807, 2.05) is 32.0 Å². The molecule has 20 heavy (non-hydrogen) atoms. The summed E-state index contributed by atoms with van der Waals surface area (Å²) < 4.78 is 30.4. The van der Waals surface area contributed by atoms with Crippen LogP contribution < -0.4 is 10.0 Å². The van der Waals surface area contributed by atoms with Crippen molar-refractivity contribution in [2.45, 2.75) is 19.9 Å². The first-order chi connectivity index (χ1) is 9.33. The molecule has 0 bridgehead atoms. The Kier molecular flexibility index (Phi) is 4.04. The van der Waals surface area contributed by atoms with E-state index in [0.29, 0.717) is 5.69 Å². The summed E-state index contributed by atoms with van der Waals surface area (Å²) in [5.41, 5.74) is 1.35. The Morgan fingerprint density at radius 3 is 2.45 bits per heavy atom. The van der Waals surface area contributed by atoms with E-state index < -0.39 is 10.0 Å². The van der Waals surface area contributed by atoms with Crippen molar-refractivity contribution in [2.24, 2.45) is 0 Å². The molecule has 0 aliphatic carbocycles. The highest BCUT2D eigenvalue weighted by molar-refractivity contribution is 7.92. The van der Waals surface area contributed by atoms with Crippen LogP contribution in [0.3, 0.4) is 0 Å². The number of furan rings is 1. The highest BCUT2D eigenvalue weighted by Gasteiger charge is 2.10. The molecule has 2 aromatic rings. The molecule has 1 unspecified atom stereocenters. The topological polar surface area (TPSA) is 71.3 Å². The SMILES string of the molecule is Cc1ccc(C(C)Nc2cccc(NS(C)(=O)=O)c2)o1. The van der Waals surface area contributed by atoms with Crippen molar-refractivity contribution in [2.75, 3.05) is 16.3 Å². The number of anilines is 2. The Labute approximate surface area is 119 Å². The normalized spacial score (nSPS) is 12.9. The number of aryl methyl sites for hydroxylation is 1. The van der Waals surface area contributed by atoms with Gasteiger partial charge >= 0.3 is 0 Å². The number of rotatable bonds is 5. The second kappa shape index (κ2) is 5.58. The van der Waals surface area contributed by atoms with Crippen LogP contribution in [-0.4, -0.2) is 14.7 Å². The molecule has 0 amide bonds. The summed E-state index contributed by atoms with van der Waals surface area (Å²) in [5.74, 6) is 1.70. The van der Waals surface area contributed by atoms with Crippen molar-refractivity contribution in [3.63, 3.8) is 0 Å². The zero-order valence-electron chi connectivity index (χ0n) is 11.7.